The fraction of sp³-hybridized carbons (Fsp3) is 0.400. The largest absolute Gasteiger partial charge is 0.212 e. The maximum Gasteiger partial charge on any atom is 0.211 e. The smallest absolute Gasteiger partial charge is 0.211 e. The van der Waals surface area contributed by atoms with Gasteiger partial charge in [-0.05, 0) is 17.5 Å². The lowest BCUT2D eigenvalue weighted by Crippen LogP contribution is -2.35. The molecule has 0 fully saturated rings. The van der Waals surface area contributed by atoms with Gasteiger partial charge in [-0.15, -0.1) is 0 Å². The molecule has 78 valence electrons. The van der Waals surface area contributed by atoms with Crippen molar-refractivity contribution in [2.75, 3.05) is 12.8 Å². The van der Waals surface area contributed by atoms with Crippen LogP contribution in [0.4, 0.5) is 0 Å². The molecule has 0 unspecified atom stereocenters. The van der Waals surface area contributed by atoms with Gasteiger partial charge in [-0.2, -0.15) is 4.31 Å². The molecule has 0 saturated carbocycles. The Labute approximate surface area is 91.6 Å². The van der Waals surface area contributed by atoms with Crippen LogP contribution in [0.2, 0.25) is 0 Å². The second-order valence-electron chi connectivity index (χ2n) is 3.87. The first-order valence-corrected chi connectivity index (χ1v) is 6.64. The molecule has 0 amide bonds. The van der Waals surface area contributed by atoms with Crippen molar-refractivity contribution in [2.24, 2.45) is 0 Å². The summed E-state index contributed by atoms with van der Waals surface area (Å²) in [4.78, 5) is 0. The zero-order valence-electron chi connectivity index (χ0n) is 8.60. The first kappa shape index (κ1) is 10.7. The van der Waals surface area contributed by atoms with Gasteiger partial charge in [0, 0.05) is 13.1 Å². The first-order chi connectivity index (χ1) is 6.97. The number of sulfonamides is 1. The van der Waals surface area contributed by atoms with Crippen molar-refractivity contribution in [3.63, 3.8) is 0 Å². The Bertz CT molecular complexity index is 484. The van der Waals surface area contributed by atoms with Gasteiger partial charge in [0.25, 0.3) is 0 Å². The van der Waals surface area contributed by atoms with E-state index < -0.39 is 10.0 Å². The van der Waals surface area contributed by atoms with Gasteiger partial charge in [0.2, 0.25) is 10.0 Å². The Morgan fingerprint density at radius 1 is 1.33 bits per heavy atom. The van der Waals surface area contributed by atoms with E-state index in [1.165, 1.54) is 10.6 Å². The number of fused-ring (bicyclic) bond motifs is 1. The molecule has 1 heterocycles. The highest BCUT2D eigenvalue weighted by atomic mass is 32.2. The molecule has 0 saturated heterocycles. The first-order valence-electron chi connectivity index (χ1n) is 4.79. The summed E-state index contributed by atoms with van der Waals surface area (Å²) in [7, 11) is 2.59. The van der Waals surface area contributed by atoms with E-state index in [1.807, 2.05) is 18.2 Å². The number of nitrogens with zero attached hydrogens (tertiary/aromatic N) is 1. The Morgan fingerprint density at radius 3 is 2.73 bits per heavy atom. The Kier molecular flexibility index (Phi) is 2.60. The maximum atomic E-state index is 11.4. The normalized spacial score (nSPS) is 17.4. The van der Waals surface area contributed by atoms with Crippen molar-refractivity contribution < 1.29 is 8.42 Å². The molecular weight excluding hydrogens is 209 g/mol. The molecule has 15 heavy (non-hydrogen) atoms. The van der Waals surface area contributed by atoms with E-state index in [0.717, 1.165) is 23.0 Å². The highest BCUT2D eigenvalue weighted by molar-refractivity contribution is 7.88. The van der Waals surface area contributed by atoms with Gasteiger partial charge in [0.05, 0.1) is 6.26 Å². The average molecular weight is 221 g/mol. The number of rotatable bonds is 1. The van der Waals surface area contributed by atoms with Crippen molar-refractivity contribution in [1.82, 2.24) is 4.31 Å². The van der Waals surface area contributed by atoms with E-state index in [0.29, 0.717) is 13.1 Å². The van der Waals surface area contributed by atoms with Crippen molar-refractivity contribution >= 4 is 23.3 Å². The molecule has 0 aliphatic carbocycles. The van der Waals surface area contributed by atoms with Crippen LogP contribution < -0.4 is 5.46 Å². The van der Waals surface area contributed by atoms with Gasteiger partial charge in [0.15, 0.2) is 0 Å². The molecule has 0 spiro atoms. The molecule has 0 N–H and O–H groups in total. The lowest BCUT2D eigenvalue weighted by Gasteiger charge is -2.26. The van der Waals surface area contributed by atoms with Crippen LogP contribution in [-0.2, 0) is 23.0 Å². The van der Waals surface area contributed by atoms with Crippen molar-refractivity contribution in [2.45, 2.75) is 13.0 Å². The molecular formula is C10H12BNO2S. The predicted octanol–water partition coefficient (Wildman–Crippen LogP) is -0.202. The highest BCUT2D eigenvalue weighted by Crippen LogP contribution is 2.19. The standard InChI is InChI=1S/C10H12BNO2S/c1-15(13,14)12-5-4-8-6-10(11)3-2-9(8)7-12/h2-3,6H,4-5,7H2,1H3. The van der Waals surface area contributed by atoms with Crippen LogP contribution in [0.5, 0.6) is 0 Å². The van der Waals surface area contributed by atoms with Crippen LogP contribution in [0.3, 0.4) is 0 Å². The molecule has 2 rings (SSSR count). The highest BCUT2D eigenvalue weighted by Gasteiger charge is 2.22. The van der Waals surface area contributed by atoms with Crippen LogP contribution in [0.25, 0.3) is 0 Å². The number of hydrogen-bond donors (Lipinski definition) is 0. The molecule has 0 atom stereocenters. The maximum absolute atomic E-state index is 11.4. The van der Waals surface area contributed by atoms with Crippen LogP contribution in [0.1, 0.15) is 11.1 Å². The van der Waals surface area contributed by atoms with Gasteiger partial charge in [-0.1, -0.05) is 23.7 Å². The second kappa shape index (κ2) is 3.65. The Morgan fingerprint density at radius 2 is 2.07 bits per heavy atom. The summed E-state index contributed by atoms with van der Waals surface area (Å²) >= 11 is 0. The van der Waals surface area contributed by atoms with Crippen molar-refractivity contribution in [1.29, 1.82) is 0 Å². The summed E-state index contributed by atoms with van der Waals surface area (Å²) in [6.45, 7) is 1.02. The SMILES string of the molecule is [B]c1ccc2c(c1)CCN(S(C)(=O)=O)C2. The van der Waals surface area contributed by atoms with Crippen LogP contribution in [0, 0.1) is 0 Å². The fourth-order valence-electron chi connectivity index (χ4n) is 1.83. The van der Waals surface area contributed by atoms with E-state index in [2.05, 4.69) is 0 Å². The zero-order chi connectivity index (χ0) is 11.1. The summed E-state index contributed by atoms with van der Waals surface area (Å²) < 4.78 is 24.2. The van der Waals surface area contributed by atoms with Crippen molar-refractivity contribution in [3.05, 3.63) is 29.3 Å². The zero-order valence-corrected chi connectivity index (χ0v) is 9.42. The van der Waals surface area contributed by atoms with E-state index >= 15 is 0 Å². The number of hydrogen-bond acceptors (Lipinski definition) is 2. The van der Waals surface area contributed by atoms with Gasteiger partial charge in [-0.3, -0.25) is 0 Å². The monoisotopic (exact) mass is 221 g/mol. The predicted molar refractivity (Wildman–Crippen MR) is 60.8 cm³/mol. The summed E-state index contributed by atoms with van der Waals surface area (Å²) in [6, 6.07) is 5.64. The molecule has 1 aromatic carbocycles. The minimum absolute atomic E-state index is 0.467. The van der Waals surface area contributed by atoms with Gasteiger partial charge in [-0.25, -0.2) is 8.42 Å². The summed E-state index contributed by atoms with van der Waals surface area (Å²) in [5.41, 5.74) is 2.96. The van der Waals surface area contributed by atoms with Crippen molar-refractivity contribution in [3.8, 4) is 0 Å². The topological polar surface area (TPSA) is 37.4 Å². The minimum Gasteiger partial charge on any atom is -0.212 e. The van der Waals surface area contributed by atoms with Gasteiger partial charge >= 0.3 is 0 Å². The minimum atomic E-state index is -3.08. The molecule has 1 aliphatic rings. The average Bonchev–Trinajstić information content (AvgIpc) is 2.15. The lowest BCUT2D eigenvalue weighted by atomic mass is 9.90. The lowest BCUT2D eigenvalue weighted by molar-refractivity contribution is 0.395. The molecule has 0 bridgehead atoms. The van der Waals surface area contributed by atoms with E-state index in [4.69, 9.17) is 7.85 Å². The summed E-state index contributed by atoms with van der Waals surface area (Å²) in [6.07, 6.45) is 1.99. The Hall–Kier alpha value is -0.805. The molecule has 5 heteroatoms. The second-order valence-corrected chi connectivity index (χ2v) is 5.86. The van der Waals surface area contributed by atoms with Gasteiger partial charge in [0.1, 0.15) is 7.85 Å². The fourth-order valence-corrected chi connectivity index (χ4v) is 2.63. The number of benzene rings is 1. The molecule has 3 nitrogen and oxygen atoms in total. The Balaban J connectivity index is 2.32. The third kappa shape index (κ3) is 2.24. The van der Waals surface area contributed by atoms with Gasteiger partial charge < -0.3 is 0 Å². The van der Waals surface area contributed by atoms with E-state index in [1.54, 1.807) is 0 Å². The van der Waals surface area contributed by atoms with E-state index in [9.17, 15) is 8.42 Å². The molecule has 2 radical (unpaired) electrons. The third-order valence-corrected chi connectivity index (χ3v) is 3.93. The van der Waals surface area contributed by atoms with Crippen LogP contribution in [-0.4, -0.2) is 33.4 Å². The quantitative estimate of drug-likeness (QED) is 0.616. The molecule has 0 aromatic heterocycles. The molecule has 1 aromatic rings. The molecule has 1 aliphatic heterocycles. The van der Waals surface area contributed by atoms with Crippen LogP contribution >= 0.6 is 0 Å². The third-order valence-electron chi connectivity index (χ3n) is 2.68. The van der Waals surface area contributed by atoms with E-state index in [-0.39, 0.29) is 0 Å². The summed E-state index contributed by atoms with van der Waals surface area (Å²) in [5, 5.41) is 0. The van der Waals surface area contributed by atoms with Crippen LogP contribution in [0.15, 0.2) is 18.2 Å². The summed E-state index contributed by atoms with van der Waals surface area (Å²) in [5.74, 6) is 0.